The van der Waals surface area contributed by atoms with E-state index in [1.54, 1.807) is 0 Å². The van der Waals surface area contributed by atoms with Gasteiger partial charge in [0, 0.05) is 16.9 Å². The molecule has 2 aliphatic carbocycles. The molecule has 2 aliphatic rings. The van der Waals surface area contributed by atoms with Crippen molar-refractivity contribution in [2.45, 2.75) is 5.41 Å². The third kappa shape index (κ3) is 2.82. The summed E-state index contributed by atoms with van der Waals surface area (Å²) in [7, 11) is 0. The fraction of sp³-hybridized carbons (Fsp3) is 0.0270. The van der Waals surface area contributed by atoms with Crippen LogP contribution in [0.4, 0.5) is 11.4 Å². The fourth-order valence-corrected chi connectivity index (χ4v) is 6.78. The van der Waals surface area contributed by atoms with E-state index in [-0.39, 0.29) is 5.41 Å². The predicted molar refractivity (Wildman–Crippen MR) is 158 cm³/mol. The Morgan fingerprint density at radius 3 is 1.53 bits per heavy atom. The zero-order valence-electron chi connectivity index (χ0n) is 20.9. The van der Waals surface area contributed by atoms with Crippen LogP contribution in [-0.4, -0.2) is 0 Å². The van der Waals surface area contributed by atoms with Gasteiger partial charge in [0.2, 0.25) is 0 Å². The first-order valence-corrected chi connectivity index (χ1v) is 13.2. The van der Waals surface area contributed by atoms with Gasteiger partial charge in [0.15, 0.2) is 0 Å². The zero-order valence-corrected chi connectivity index (χ0v) is 20.9. The Bertz CT molecular complexity index is 1780. The maximum absolute atomic E-state index is 3.78. The molecule has 0 saturated carbocycles. The van der Waals surface area contributed by atoms with Crippen molar-refractivity contribution in [1.82, 2.24) is 0 Å². The Kier molecular flexibility index (Phi) is 4.50. The number of fused-ring (bicyclic) bond motifs is 10. The molecular weight excluding hydrogens is 458 g/mol. The topological polar surface area (TPSA) is 12.0 Å². The van der Waals surface area contributed by atoms with Crippen LogP contribution in [0, 0.1) is 0 Å². The second kappa shape index (κ2) is 8.06. The number of anilines is 2. The minimum atomic E-state index is -0.312. The van der Waals surface area contributed by atoms with Gasteiger partial charge in [0.25, 0.3) is 0 Å². The van der Waals surface area contributed by atoms with Crippen LogP contribution in [0.15, 0.2) is 146 Å². The molecule has 1 spiro atoms. The van der Waals surface area contributed by atoms with E-state index >= 15 is 0 Å². The van der Waals surface area contributed by atoms with E-state index in [1.165, 1.54) is 55.6 Å². The SMILES string of the molecule is c1ccc(-c2ccc(Nc3cccc4c3-c3ccccc3C43c4ccccc4-c4ccccc43)cc2)cc1. The molecule has 0 heterocycles. The second-order valence-corrected chi connectivity index (χ2v) is 10.2. The minimum Gasteiger partial charge on any atom is -0.355 e. The van der Waals surface area contributed by atoms with Gasteiger partial charge in [-0.3, -0.25) is 0 Å². The molecule has 0 unspecified atom stereocenters. The van der Waals surface area contributed by atoms with Crippen LogP contribution in [0.2, 0.25) is 0 Å². The normalized spacial score (nSPS) is 13.5. The smallest absolute Gasteiger partial charge is 0.0726 e. The molecule has 0 radical (unpaired) electrons. The Morgan fingerprint density at radius 1 is 0.368 bits per heavy atom. The van der Waals surface area contributed by atoms with Crippen LogP contribution in [0.5, 0.6) is 0 Å². The zero-order chi connectivity index (χ0) is 25.1. The van der Waals surface area contributed by atoms with Gasteiger partial charge in [-0.25, -0.2) is 0 Å². The van der Waals surface area contributed by atoms with Crippen molar-refractivity contribution in [3.8, 4) is 33.4 Å². The molecule has 178 valence electrons. The molecule has 6 aromatic carbocycles. The van der Waals surface area contributed by atoms with Gasteiger partial charge in [-0.05, 0) is 68.3 Å². The molecule has 0 aliphatic heterocycles. The molecule has 0 atom stereocenters. The summed E-state index contributed by atoms with van der Waals surface area (Å²) in [6.07, 6.45) is 0. The maximum atomic E-state index is 3.78. The summed E-state index contributed by atoms with van der Waals surface area (Å²) < 4.78 is 0. The fourth-order valence-electron chi connectivity index (χ4n) is 6.78. The molecule has 38 heavy (non-hydrogen) atoms. The molecule has 8 rings (SSSR count). The minimum absolute atomic E-state index is 0.312. The predicted octanol–water partition coefficient (Wildman–Crippen LogP) is 9.44. The highest BCUT2D eigenvalue weighted by molar-refractivity contribution is 5.99. The van der Waals surface area contributed by atoms with Crippen molar-refractivity contribution in [1.29, 1.82) is 0 Å². The van der Waals surface area contributed by atoms with E-state index in [9.17, 15) is 0 Å². The Balaban J connectivity index is 1.32. The van der Waals surface area contributed by atoms with Gasteiger partial charge in [-0.2, -0.15) is 0 Å². The second-order valence-electron chi connectivity index (χ2n) is 10.2. The van der Waals surface area contributed by atoms with Crippen molar-refractivity contribution in [2.24, 2.45) is 0 Å². The summed E-state index contributed by atoms with van der Waals surface area (Å²) in [6, 6.07) is 52.9. The van der Waals surface area contributed by atoms with E-state index in [0.29, 0.717) is 0 Å². The molecule has 1 heteroatoms. The van der Waals surface area contributed by atoms with Crippen molar-refractivity contribution in [3.05, 3.63) is 168 Å². The highest BCUT2D eigenvalue weighted by Gasteiger charge is 2.51. The number of nitrogens with one attached hydrogen (secondary N) is 1. The van der Waals surface area contributed by atoms with E-state index in [4.69, 9.17) is 0 Å². The third-order valence-electron chi connectivity index (χ3n) is 8.29. The first-order valence-electron chi connectivity index (χ1n) is 13.2. The van der Waals surface area contributed by atoms with Crippen molar-refractivity contribution >= 4 is 11.4 Å². The molecule has 0 aromatic heterocycles. The van der Waals surface area contributed by atoms with Gasteiger partial charge in [-0.15, -0.1) is 0 Å². The average Bonchev–Trinajstić information content (AvgIpc) is 3.46. The van der Waals surface area contributed by atoms with Gasteiger partial charge in [0.05, 0.1) is 5.41 Å². The Hall–Kier alpha value is -4.88. The van der Waals surface area contributed by atoms with Crippen molar-refractivity contribution < 1.29 is 0 Å². The van der Waals surface area contributed by atoms with Gasteiger partial charge < -0.3 is 5.32 Å². The van der Waals surface area contributed by atoms with E-state index < -0.39 is 0 Å². The molecular formula is C37H25N. The van der Waals surface area contributed by atoms with Crippen molar-refractivity contribution in [2.75, 3.05) is 5.32 Å². The highest BCUT2D eigenvalue weighted by atomic mass is 14.9. The first kappa shape index (κ1) is 21.2. The molecule has 1 nitrogen and oxygen atoms in total. The average molecular weight is 484 g/mol. The maximum Gasteiger partial charge on any atom is 0.0726 e. The number of hydrogen-bond acceptors (Lipinski definition) is 1. The van der Waals surface area contributed by atoms with Gasteiger partial charge in [0.1, 0.15) is 0 Å². The lowest BCUT2D eigenvalue weighted by Gasteiger charge is -2.30. The van der Waals surface area contributed by atoms with Crippen LogP contribution in [0.3, 0.4) is 0 Å². The quantitative estimate of drug-likeness (QED) is 0.264. The lowest BCUT2D eigenvalue weighted by atomic mass is 9.70. The lowest BCUT2D eigenvalue weighted by Crippen LogP contribution is -2.25. The Labute approximate surface area is 223 Å². The molecule has 6 aromatic rings. The van der Waals surface area contributed by atoms with E-state index in [0.717, 1.165) is 11.4 Å². The summed E-state index contributed by atoms with van der Waals surface area (Å²) in [6.45, 7) is 0. The number of hydrogen-bond donors (Lipinski definition) is 1. The summed E-state index contributed by atoms with van der Waals surface area (Å²) >= 11 is 0. The number of benzene rings is 6. The first-order chi connectivity index (χ1) is 18.9. The summed E-state index contributed by atoms with van der Waals surface area (Å²) in [5.74, 6) is 0. The number of rotatable bonds is 3. The van der Waals surface area contributed by atoms with Crippen molar-refractivity contribution in [3.63, 3.8) is 0 Å². The molecule has 0 fully saturated rings. The molecule has 1 N–H and O–H groups in total. The van der Waals surface area contributed by atoms with Crippen LogP contribution < -0.4 is 5.32 Å². The van der Waals surface area contributed by atoms with Crippen LogP contribution in [0.1, 0.15) is 22.3 Å². The van der Waals surface area contributed by atoms with Crippen LogP contribution in [-0.2, 0) is 5.41 Å². The Morgan fingerprint density at radius 2 is 0.868 bits per heavy atom. The van der Waals surface area contributed by atoms with Gasteiger partial charge >= 0.3 is 0 Å². The summed E-state index contributed by atoms with van der Waals surface area (Å²) in [4.78, 5) is 0. The highest BCUT2D eigenvalue weighted by Crippen LogP contribution is 2.63. The molecule has 0 amide bonds. The molecule has 0 saturated heterocycles. The van der Waals surface area contributed by atoms with Gasteiger partial charge in [-0.1, -0.05) is 127 Å². The standard InChI is InChI=1S/C37H25N/c1-2-11-25(12-3-1)26-21-23-27(24-22-26)38-35-20-10-19-34-36(35)30-15-6-9-18-33(30)37(34)31-16-7-4-13-28(31)29-14-5-8-17-32(29)37/h1-24,38H. The summed E-state index contributed by atoms with van der Waals surface area (Å²) in [5.41, 5.74) is 15.1. The van der Waals surface area contributed by atoms with E-state index in [1.807, 2.05) is 0 Å². The lowest BCUT2D eigenvalue weighted by molar-refractivity contribution is 0.794. The molecule has 0 bridgehead atoms. The summed E-state index contributed by atoms with van der Waals surface area (Å²) in [5, 5.41) is 3.78. The van der Waals surface area contributed by atoms with Crippen LogP contribution >= 0.6 is 0 Å². The van der Waals surface area contributed by atoms with Crippen LogP contribution in [0.25, 0.3) is 33.4 Å². The third-order valence-corrected chi connectivity index (χ3v) is 8.29. The van der Waals surface area contributed by atoms with E-state index in [2.05, 4.69) is 151 Å². The largest absolute Gasteiger partial charge is 0.355 e. The monoisotopic (exact) mass is 483 g/mol.